The highest BCUT2D eigenvalue weighted by molar-refractivity contribution is 5.92. The van der Waals surface area contributed by atoms with Crippen LogP contribution in [-0.2, 0) is 14.3 Å². The number of hydrogen-bond acceptors (Lipinski definition) is 4. The number of ether oxygens (including phenoxy) is 1. The summed E-state index contributed by atoms with van der Waals surface area (Å²) in [5.74, 6) is -3.25. The molecule has 0 heterocycles. The first-order valence-electron chi connectivity index (χ1n) is 5.04. The van der Waals surface area contributed by atoms with Gasteiger partial charge >= 0.3 is 11.9 Å². The summed E-state index contributed by atoms with van der Waals surface area (Å²) in [5.41, 5.74) is 0. The Bertz CT molecular complexity index is 270. The van der Waals surface area contributed by atoms with E-state index in [0.717, 1.165) is 13.1 Å². The number of aliphatic carboxylic acids is 2. The Balaban J connectivity index is 4.14. The monoisotopic (exact) mass is 231 g/mol. The molecule has 0 radical (unpaired) electrons. The minimum absolute atomic E-state index is 0.160. The number of carboxylic acids is 2. The summed E-state index contributed by atoms with van der Waals surface area (Å²) in [6.45, 7) is 6.36. The average molecular weight is 231 g/mol. The lowest BCUT2D eigenvalue weighted by atomic mass is 10.4. The molecule has 0 saturated heterocycles. The molecule has 0 unspecified atom stereocenters. The highest BCUT2D eigenvalue weighted by Crippen LogP contribution is 1.98. The van der Waals surface area contributed by atoms with Crippen LogP contribution in [0.4, 0.5) is 0 Å². The summed E-state index contributed by atoms with van der Waals surface area (Å²) in [6.07, 6.45) is 0.546. The zero-order chi connectivity index (χ0) is 12.6. The maximum atomic E-state index is 10.6. The molecule has 0 fully saturated rings. The van der Waals surface area contributed by atoms with Gasteiger partial charge in [0.2, 0.25) is 5.76 Å². The van der Waals surface area contributed by atoms with E-state index in [4.69, 9.17) is 14.9 Å². The normalized spacial score (nSPS) is 11.6. The second kappa shape index (κ2) is 7.70. The van der Waals surface area contributed by atoms with Crippen LogP contribution in [0.1, 0.15) is 13.8 Å². The Morgan fingerprint density at radius 2 is 1.81 bits per heavy atom. The molecule has 6 heteroatoms. The first kappa shape index (κ1) is 14.4. The van der Waals surface area contributed by atoms with Crippen LogP contribution in [0.15, 0.2) is 11.8 Å². The highest BCUT2D eigenvalue weighted by atomic mass is 16.5. The van der Waals surface area contributed by atoms with Crippen molar-refractivity contribution in [3.05, 3.63) is 11.8 Å². The first-order valence-corrected chi connectivity index (χ1v) is 5.04. The molecule has 92 valence electrons. The molecule has 0 bridgehead atoms. The fraction of sp³-hybridized carbons (Fsp3) is 0.600. The number of rotatable bonds is 8. The van der Waals surface area contributed by atoms with Crippen LogP contribution in [0.5, 0.6) is 0 Å². The van der Waals surface area contributed by atoms with Crippen LogP contribution in [0.3, 0.4) is 0 Å². The van der Waals surface area contributed by atoms with Gasteiger partial charge in [0.1, 0.15) is 6.61 Å². The van der Waals surface area contributed by atoms with Crippen molar-refractivity contribution in [1.82, 2.24) is 4.90 Å². The molecule has 0 aliphatic carbocycles. The molecule has 6 nitrogen and oxygen atoms in total. The van der Waals surface area contributed by atoms with Gasteiger partial charge in [-0.25, -0.2) is 9.59 Å². The molecule has 0 aromatic rings. The van der Waals surface area contributed by atoms with Crippen LogP contribution in [0.25, 0.3) is 0 Å². The molecular weight excluding hydrogens is 214 g/mol. The molecule has 16 heavy (non-hydrogen) atoms. The molecule has 0 saturated carbocycles. The summed E-state index contributed by atoms with van der Waals surface area (Å²) in [4.78, 5) is 22.9. The van der Waals surface area contributed by atoms with Gasteiger partial charge in [-0.1, -0.05) is 13.8 Å². The van der Waals surface area contributed by atoms with Gasteiger partial charge in [0.05, 0.1) is 6.08 Å². The second-order valence-corrected chi connectivity index (χ2v) is 3.03. The van der Waals surface area contributed by atoms with Gasteiger partial charge in [-0.05, 0) is 13.1 Å². The Hall–Kier alpha value is -1.56. The molecular formula is C10H17NO5. The molecule has 0 aromatic heterocycles. The van der Waals surface area contributed by atoms with Crippen LogP contribution in [0.2, 0.25) is 0 Å². The highest BCUT2D eigenvalue weighted by Gasteiger charge is 2.11. The Morgan fingerprint density at radius 3 is 2.19 bits per heavy atom. The minimum atomic E-state index is -1.37. The zero-order valence-corrected chi connectivity index (χ0v) is 9.47. The van der Waals surface area contributed by atoms with E-state index in [1.165, 1.54) is 0 Å². The quantitative estimate of drug-likeness (QED) is 0.464. The molecule has 0 rings (SSSR count). The maximum absolute atomic E-state index is 10.6. The number of carboxylic acid groups (broad SMARTS) is 2. The molecule has 0 amide bonds. The third-order valence-electron chi connectivity index (χ3n) is 2.02. The van der Waals surface area contributed by atoms with E-state index in [0.29, 0.717) is 12.6 Å². The topological polar surface area (TPSA) is 87.1 Å². The van der Waals surface area contributed by atoms with Crippen molar-refractivity contribution >= 4 is 11.9 Å². The predicted molar refractivity (Wildman–Crippen MR) is 57.1 cm³/mol. The molecule has 2 N–H and O–H groups in total. The van der Waals surface area contributed by atoms with Crippen LogP contribution < -0.4 is 0 Å². The number of hydrogen-bond donors (Lipinski definition) is 2. The molecule has 0 aliphatic rings. The van der Waals surface area contributed by atoms with Crippen molar-refractivity contribution in [2.45, 2.75) is 13.8 Å². The van der Waals surface area contributed by atoms with Gasteiger partial charge in [0.15, 0.2) is 0 Å². The van der Waals surface area contributed by atoms with Gasteiger partial charge in [-0.3, -0.25) is 0 Å². The van der Waals surface area contributed by atoms with E-state index >= 15 is 0 Å². The van der Waals surface area contributed by atoms with Gasteiger partial charge < -0.3 is 19.8 Å². The molecule has 0 spiro atoms. The van der Waals surface area contributed by atoms with Crippen molar-refractivity contribution in [3.8, 4) is 0 Å². The van der Waals surface area contributed by atoms with Crippen molar-refractivity contribution in [1.29, 1.82) is 0 Å². The van der Waals surface area contributed by atoms with Crippen molar-refractivity contribution in [3.63, 3.8) is 0 Å². The van der Waals surface area contributed by atoms with Crippen molar-refractivity contribution < 1.29 is 24.5 Å². The summed E-state index contributed by atoms with van der Waals surface area (Å²) in [6, 6.07) is 0. The average Bonchev–Trinajstić information content (AvgIpc) is 2.22. The minimum Gasteiger partial charge on any atom is -0.485 e. The smallest absolute Gasteiger partial charge is 0.371 e. The third kappa shape index (κ3) is 6.02. The molecule has 0 aromatic carbocycles. The van der Waals surface area contributed by atoms with Gasteiger partial charge in [-0.2, -0.15) is 0 Å². The summed E-state index contributed by atoms with van der Waals surface area (Å²) >= 11 is 0. The summed E-state index contributed by atoms with van der Waals surface area (Å²) in [7, 11) is 0. The van der Waals surface area contributed by atoms with Gasteiger partial charge in [0.25, 0.3) is 0 Å². The SMILES string of the molecule is CCN(CC)CCO/C(=C\C(=O)O)C(=O)O. The zero-order valence-electron chi connectivity index (χ0n) is 9.47. The Kier molecular flexibility index (Phi) is 6.95. The number of likely N-dealkylation sites (N-methyl/N-ethyl adjacent to an activating group) is 1. The number of carbonyl (C=O) groups is 2. The lowest BCUT2D eigenvalue weighted by molar-refractivity contribution is -0.138. The second-order valence-electron chi connectivity index (χ2n) is 3.03. The molecule has 0 aliphatic heterocycles. The van der Waals surface area contributed by atoms with E-state index < -0.39 is 17.7 Å². The fourth-order valence-electron chi connectivity index (χ4n) is 1.10. The van der Waals surface area contributed by atoms with E-state index in [-0.39, 0.29) is 6.61 Å². The number of nitrogens with zero attached hydrogens (tertiary/aromatic N) is 1. The lowest BCUT2D eigenvalue weighted by Gasteiger charge is -2.17. The van der Waals surface area contributed by atoms with E-state index in [1.54, 1.807) is 0 Å². The van der Waals surface area contributed by atoms with E-state index in [2.05, 4.69) is 0 Å². The van der Waals surface area contributed by atoms with Crippen LogP contribution >= 0.6 is 0 Å². The van der Waals surface area contributed by atoms with Gasteiger partial charge in [-0.15, -0.1) is 0 Å². The van der Waals surface area contributed by atoms with Crippen LogP contribution in [-0.4, -0.2) is 53.3 Å². The van der Waals surface area contributed by atoms with E-state index in [1.807, 2.05) is 18.7 Å². The largest absolute Gasteiger partial charge is 0.485 e. The summed E-state index contributed by atoms with van der Waals surface area (Å²) in [5, 5.41) is 17.0. The van der Waals surface area contributed by atoms with E-state index in [9.17, 15) is 9.59 Å². The maximum Gasteiger partial charge on any atom is 0.371 e. The third-order valence-corrected chi connectivity index (χ3v) is 2.02. The Morgan fingerprint density at radius 1 is 1.25 bits per heavy atom. The van der Waals surface area contributed by atoms with Crippen LogP contribution in [0, 0.1) is 0 Å². The van der Waals surface area contributed by atoms with Crippen molar-refractivity contribution in [2.24, 2.45) is 0 Å². The molecule has 0 atom stereocenters. The lowest BCUT2D eigenvalue weighted by Crippen LogP contribution is -2.27. The predicted octanol–water partition coefficient (Wildman–Crippen LogP) is 0.398. The first-order chi connectivity index (χ1) is 7.51. The standard InChI is InChI=1S/C10H17NO5/c1-3-11(4-2)5-6-16-8(10(14)15)7-9(12)13/h7H,3-6H2,1-2H3,(H,12,13)(H,14,15)/b8-7-. The fourth-order valence-corrected chi connectivity index (χ4v) is 1.10. The van der Waals surface area contributed by atoms with Gasteiger partial charge in [0, 0.05) is 6.54 Å². The van der Waals surface area contributed by atoms with Crippen molar-refractivity contribution in [2.75, 3.05) is 26.2 Å². The Labute approximate surface area is 94.1 Å². The summed E-state index contributed by atoms with van der Waals surface area (Å²) < 4.78 is 4.89.